The largest absolute Gasteiger partial charge is 0.744 e. The van der Waals surface area contributed by atoms with Crippen molar-refractivity contribution in [1.82, 2.24) is 5.06 Å². The zero-order valence-corrected chi connectivity index (χ0v) is 29.2. The summed E-state index contributed by atoms with van der Waals surface area (Å²) in [5.41, 5.74) is 6.66. The maximum atomic E-state index is 12.3. The van der Waals surface area contributed by atoms with Crippen LogP contribution >= 0.6 is 0 Å². The second-order valence-corrected chi connectivity index (χ2v) is 14.9. The van der Waals surface area contributed by atoms with Crippen LogP contribution in [0.2, 0.25) is 0 Å². The van der Waals surface area contributed by atoms with Gasteiger partial charge in [-0.15, -0.1) is 5.06 Å². The molecule has 3 aliphatic rings. The highest BCUT2D eigenvalue weighted by Crippen LogP contribution is 2.50. The van der Waals surface area contributed by atoms with E-state index in [1.807, 2.05) is 43.2 Å². The summed E-state index contributed by atoms with van der Waals surface area (Å²) in [6, 6.07) is 11.0. The second kappa shape index (κ2) is 13.3. The lowest BCUT2D eigenvalue weighted by Gasteiger charge is -2.29. The number of hydroxylamine groups is 2. The van der Waals surface area contributed by atoms with Crippen LogP contribution in [-0.4, -0.2) is 60.2 Å². The van der Waals surface area contributed by atoms with Gasteiger partial charge in [0, 0.05) is 60.8 Å². The van der Waals surface area contributed by atoms with Crippen LogP contribution in [0, 0.1) is 6.92 Å². The molecule has 1 unspecified atom stereocenters. The van der Waals surface area contributed by atoms with Crippen molar-refractivity contribution >= 4 is 45.0 Å². The Bertz CT molecular complexity index is 1890. The normalized spacial score (nSPS) is 21.4. The Hall–Kier alpha value is -4.35. The van der Waals surface area contributed by atoms with Crippen LogP contribution in [0.3, 0.4) is 0 Å². The van der Waals surface area contributed by atoms with Gasteiger partial charge < -0.3 is 14.3 Å². The smallest absolute Gasteiger partial charge is 0.333 e. The summed E-state index contributed by atoms with van der Waals surface area (Å²) in [6.07, 6.45) is 12.7. The zero-order valence-electron chi connectivity index (χ0n) is 28.4. The third-order valence-electron chi connectivity index (χ3n) is 9.81. The number of allylic oxidation sites excluding steroid dienone is 6. The molecule has 1 saturated heterocycles. The first-order valence-electron chi connectivity index (χ1n) is 16.2. The van der Waals surface area contributed by atoms with E-state index in [2.05, 4.69) is 56.7 Å². The molecule has 254 valence electrons. The lowest BCUT2D eigenvalue weighted by Crippen LogP contribution is -2.31. The highest BCUT2D eigenvalue weighted by atomic mass is 32.2. The zero-order chi connectivity index (χ0) is 35.0. The highest BCUT2D eigenvalue weighted by molar-refractivity contribution is 7.85. The number of rotatable bonds is 11. The number of likely N-dealkylation sites (N-methyl/N-ethyl adjacent to an activating group) is 1. The van der Waals surface area contributed by atoms with Crippen LogP contribution in [0.5, 0.6) is 0 Å². The van der Waals surface area contributed by atoms with E-state index in [4.69, 9.17) is 4.84 Å². The van der Waals surface area contributed by atoms with Crippen LogP contribution in [0.25, 0.3) is 0 Å². The molecule has 2 aromatic carbocycles. The van der Waals surface area contributed by atoms with Gasteiger partial charge in [-0.3, -0.25) is 9.59 Å². The number of carbonyl (C=O) groups excluding carboxylic acids is 3. The quantitative estimate of drug-likeness (QED) is 0.0954. The molecule has 1 atom stereocenters. The Kier molecular flexibility index (Phi) is 9.67. The van der Waals surface area contributed by atoms with Gasteiger partial charge in [0.1, 0.15) is 17.2 Å². The number of fused-ring (bicyclic) bond motifs is 2. The first kappa shape index (κ1) is 35.0. The Morgan fingerprint density at radius 2 is 1.69 bits per heavy atom. The molecule has 0 bridgehead atoms. The predicted molar refractivity (Wildman–Crippen MR) is 182 cm³/mol. The number of unbranched alkanes of at least 4 members (excludes halogenated alkanes) is 2. The minimum atomic E-state index is -4.66. The number of benzene rings is 2. The van der Waals surface area contributed by atoms with E-state index in [1.165, 1.54) is 34.7 Å². The second-order valence-electron chi connectivity index (χ2n) is 13.5. The van der Waals surface area contributed by atoms with Crippen molar-refractivity contribution < 1.29 is 36.8 Å². The minimum Gasteiger partial charge on any atom is -0.744 e. The van der Waals surface area contributed by atoms with Crippen LogP contribution in [0.1, 0.15) is 82.4 Å². The molecule has 11 heteroatoms. The number of amides is 2. The fourth-order valence-electron chi connectivity index (χ4n) is 7.14. The Morgan fingerprint density at radius 3 is 2.38 bits per heavy atom. The average molecular weight is 674 g/mol. The van der Waals surface area contributed by atoms with Gasteiger partial charge >= 0.3 is 5.97 Å². The van der Waals surface area contributed by atoms with E-state index in [-0.39, 0.29) is 29.6 Å². The average Bonchev–Trinajstić information content (AvgIpc) is 3.52. The highest BCUT2D eigenvalue weighted by Gasteiger charge is 2.43. The van der Waals surface area contributed by atoms with Crippen LogP contribution in [-0.2, 0) is 40.2 Å². The Labute approximate surface area is 282 Å². The molecule has 2 amide bonds. The number of hydrogen-bond acceptors (Lipinski definition) is 8. The molecule has 0 N–H and O–H groups in total. The van der Waals surface area contributed by atoms with E-state index < -0.39 is 33.3 Å². The van der Waals surface area contributed by atoms with Crippen LogP contribution in [0.15, 0.2) is 77.4 Å². The van der Waals surface area contributed by atoms with Gasteiger partial charge in [-0.1, -0.05) is 42.7 Å². The number of aryl methyl sites for hydroxylation is 1. The van der Waals surface area contributed by atoms with Crippen molar-refractivity contribution in [1.29, 1.82) is 0 Å². The maximum absolute atomic E-state index is 12.3. The van der Waals surface area contributed by atoms with Crippen molar-refractivity contribution in [2.24, 2.45) is 0 Å². The summed E-state index contributed by atoms with van der Waals surface area (Å²) in [5.74, 6) is -1.66. The third kappa shape index (κ3) is 6.66. The summed E-state index contributed by atoms with van der Waals surface area (Å²) in [7, 11) is -0.650. The molecule has 3 aliphatic heterocycles. The Morgan fingerprint density at radius 1 is 0.979 bits per heavy atom. The summed E-state index contributed by atoms with van der Waals surface area (Å²) < 4.78 is 38.1. The van der Waals surface area contributed by atoms with Crippen molar-refractivity contribution in [3.05, 3.63) is 89.2 Å². The summed E-state index contributed by atoms with van der Waals surface area (Å²) >= 11 is 0. The molecule has 3 heterocycles. The van der Waals surface area contributed by atoms with Gasteiger partial charge in [-0.05, 0) is 76.4 Å². The maximum Gasteiger partial charge on any atom is 0.333 e. The molecule has 0 aromatic heterocycles. The number of anilines is 1. The SMILES string of the molecule is Cc1ccc2c(c1)C(C)(C)C(/C=C/C=C/C=C1\N(C)c3ccc(S(=O)(=O)[O-])cc3C1(C)CCCCCC(=O)ON1C(=O)CCC1=O)=[N+]2C. The molecule has 5 rings (SSSR count). The van der Waals surface area contributed by atoms with E-state index in [0.29, 0.717) is 30.7 Å². The fourth-order valence-corrected chi connectivity index (χ4v) is 7.64. The van der Waals surface area contributed by atoms with Gasteiger partial charge in [0.2, 0.25) is 5.69 Å². The number of carbonyl (C=O) groups is 3. The van der Waals surface area contributed by atoms with Crippen molar-refractivity contribution in [2.45, 2.75) is 88.4 Å². The molecule has 0 radical (unpaired) electrons. The van der Waals surface area contributed by atoms with Crippen molar-refractivity contribution in [3.8, 4) is 0 Å². The topological polar surface area (TPSA) is 127 Å². The van der Waals surface area contributed by atoms with Crippen LogP contribution < -0.4 is 4.90 Å². The van der Waals surface area contributed by atoms with Crippen molar-refractivity contribution in [3.63, 3.8) is 0 Å². The number of imide groups is 1. The standard InChI is InChI=1S/C37H43N3O7S/c1-25-16-18-29-27(23-25)36(2,3)31(38(29)5)13-9-7-10-14-32-37(4,28-24-26(48(44,45)46)17-19-30(28)39(32)6)22-12-8-11-15-35(43)47-40-33(41)20-21-34(40)42/h7,9-10,13-14,16-19,23-24H,8,11-12,15,20-22H2,1-6H3. The number of hydrogen-bond donors (Lipinski definition) is 0. The summed E-state index contributed by atoms with van der Waals surface area (Å²) in [4.78, 5) is 42.4. The fraction of sp³-hybridized carbons (Fsp3) is 0.405. The van der Waals surface area contributed by atoms with E-state index in [0.717, 1.165) is 16.9 Å². The van der Waals surface area contributed by atoms with Crippen molar-refractivity contribution in [2.75, 3.05) is 19.0 Å². The minimum absolute atomic E-state index is 0.0425. The molecule has 10 nitrogen and oxygen atoms in total. The monoisotopic (exact) mass is 673 g/mol. The van der Waals surface area contributed by atoms with E-state index in [9.17, 15) is 27.4 Å². The third-order valence-corrected chi connectivity index (χ3v) is 10.6. The molecular weight excluding hydrogens is 630 g/mol. The first-order chi connectivity index (χ1) is 22.6. The molecular formula is C37H43N3O7S. The van der Waals surface area contributed by atoms with E-state index in [1.54, 1.807) is 6.07 Å². The lowest BCUT2D eigenvalue weighted by atomic mass is 9.77. The molecule has 0 aliphatic carbocycles. The van der Waals surface area contributed by atoms with Gasteiger partial charge in [-0.25, -0.2) is 13.2 Å². The lowest BCUT2D eigenvalue weighted by molar-refractivity contribution is -0.401. The van der Waals surface area contributed by atoms with Crippen LogP contribution in [0.4, 0.5) is 11.4 Å². The summed E-state index contributed by atoms with van der Waals surface area (Å²) in [6.45, 7) is 8.60. The van der Waals surface area contributed by atoms with Gasteiger partial charge in [0.25, 0.3) is 11.8 Å². The molecule has 48 heavy (non-hydrogen) atoms. The molecule has 0 saturated carbocycles. The first-order valence-corrected chi connectivity index (χ1v) is 17.6. The van der Waals surface area contributed by atoms with E-state index >= 15 is 0 Å². The number of nitrogens with zero attached hydrogens (tertiary/aromatic N) is 3. The summed E-state index contributed by atoms with van der Waals surface area (Å²) in [5, 5.41) is 0.557. The predicted octanol–water partition coefficient (Wildman–Crippen LogP) is 5.87. The molecule has 1 fully saturated rings. The molecule has 0 spiro atoms. The van der Waals surface area contributed by atoms with Gasteiger partial charge in [0.15, 0.2) is 5.71 Å². The van der Waals surface area contributed by atoms with Gasteiger partial charge in [-0.2, -0.15) is 4.58 Å². The molecule has 2 aromatic rings. The Balaban J connectivity index is 1.31. The van der Waals surface area contributed by atoms with Gasteiger partial charge in [0.05, 0.1) is 10.3 Å².